The van der Waals surface area contributed by atoms with Crippen molar-refractivity contribution < 1.29 is 18.0 Å². The van der Waals surface area contributed by atoms with Gasteiger partial charge in [0.25, 0.3) is 0 Å². The summed E-state index contributed by atoms with van der Waals surface area (Å²) in [6.07, 6.45) is 0.0463. The molecule has 1 aliphatic heterocycles. The van der Waals surface area contributed by atoms with Crippen molar-refractivity contribution in [2.24, 2.45) is 5.73 Å². The Morgan fingerprint density at radius 3 is 2.36 bits per heavy atom. The zero-order chi connectivity index (χ0) is 16.3. The summed E-state index contributed by atoms with van der Waals surface area (Å²) in [6.45, 7) is 2.89. The summed E-state index contributed by atoms with van der Waals surface area (Å²) in [4.78, 5) is 16.0. The molecule has 0 saturated carbocycles. The van der Waals surface area contributed by atoms with Crippen molar-refractivity contribution >= 4 is 5.91 Å². The van der Waals surface area contributed by atoms with E-state index >= 15 is 0 Å². The van der Waals surface area contributed by atoms with Crippen molar-refractivity contribution in [3.05, 3.63) is 35.1 Å². The van der Waals surface area contributed by atoms with Crippen LogP contribution in [0.5, 0.6) is 0 Å². The van der Waals surface area contributed by atoms with Crippen molar-refractivity contribution in [3.8, 4) is 0 Å². The van der Waals surface area contributed by atoms with Crippen molar-refractivity contribution in [3.63, 3.8) is 0 Å². The minimum atomic E-state index is -1.23. The number of amides is 1. The highest BCUT2D eigenvalue weighted by Crippen LogP contribution is 2.16. The van der Waals surface area contributed by atoms with Crippen LogP contribution < -0.4 is 5.73 Å². The van der Waals surface area contributed by atoms with E-state index in [4.69, 9.17) is 5.73 Å². The summed E-state index contributed by atoms with van der Waals surface area (Å²) >= 11 is 0. The van der Waals surface area contributed by atoms with Crippen LogP contribution in [0, 0.1) is 17.5 Å². The number of carbonyl (C=O) groups is 1. The van der Waals surface area contributed by atoms with Crippen molar-refractivity contribution in [1.29, 1.82) is 0 Å². The normalized spacial score (nSPS) is 17.6. The van der Waals surface area contributed by atoms with Crippen LogP contribution >= 0.6 is 0 Å². The van der Waals surface area contributed by atoms with Crippen molar-refractivity contribution in [2.75, 3.05) is 33.2 Å². The fraction of sp³-hybridized carbons (Fsp3) is 0.533. The van der Waals surface area contributed by atoms with Crippen LogP contribution in [-0.2, 0) is 11.2 Å². The molecule has 122 valence electrons. The van der Waals surface area contributed by atoms with E-state index in [-0.39, 0.29) is 24.3 Å². The Hall–Kier alpha value is -1.60. The fourth-order valence-electron chi connectivity index (χ4n) is 2.48. The second-order valence-corrected chi connectivity index (χ2v) is 5.71. The van der Waals surface area contributed by atoms with Gasteiger partial charge in [-0.15, -0.1) is 0 Å². The van der Waals surface area contributed by atoms with Gasteiger partial charge in [0.2, 0.25) is 5.91 Å². The fourth-order valence-corrected chi connectivity index (χ4v) is 2.48. The molecule has 22 heavy (non-hydrogen) atoms. The molecule has 1 aromatic rings. The molecular formula is C15H20F3N3O. The van der Waals surface area contributed by atoms with E-state index in [2.05, 4.69) is 4.90 Å². The van der Waals surface area contributed by atoms with Gasteiger partial charge in [-0.1, -0.05) is 0 Å². The highest BCUT2D eigenvalue weighted by Gasteiger charge is 2.22. The number of hydrogen-bond acceptors (Lipinski definition) is 3. The maximum Gasteiger partial charge on any atom is 0.224 e. The van der Waals surface area contributed by atoms with Gasteiger partial charge in [0, 0.05) is 44.7 Å². The van der Waals surface area contributed by atoms with Crippen molar-refractivity contribution in [1.82, 2.24) is 9.80 Å². The summed E-state index contributed by atoms with van der Waals surface area (Å²) in [5, 5.41) is 0. The molecule has 1 heterocycles. The molecule has 4 nitrogen and oxygen atoms in total. The Bertz CT molecular complexity index is 545. The van der Waals surface area contributed by atoms with E-state index in [1.54, 1.807) is 4.90 Å². The SMILES string of the molecule is CN1CCN(C(=O)CC(N)Cc2cc(F)c(F)cc2F)CC1. The maximum absolute atomic E-state index is 13.6. The first-order valence-corrected chi connectivity index (χ1v) is 7.22. The number of rotatable bonds is 4. The molecule has 1 fully saturated rings. The number of nitrogens with two attached hydrogens (primary N) is 1. The molecule has 2 rings (SSSR count). The van der Waals surface area contributed by atoms with E-state index in [1.165, 1.54) is 0 Å². The zero-order valence-electron chi connectivity index (χ0n) is 12.5. The topological polar surface area (TPSA) is 49.6 Å². The molecule has 1 aliphatic rings. The minimum Gasteiger partial charge on any atom is -0.340 e. The van der Waals surface area contributed by atoms with E-state index in [9.17, 15) is 18.0 Å². The molecule has 1 unspecified atom stereocenters. The Morgan fingerprint density at radius 1 is 1.14 bits per heavy atom. The molecule has 1 saturated heterocycles. The lowest BCUT2D eigenvalue weighted by molar-refractivity contribution is -0.133. The number of halogens is 3. The number of piperazine rings is 1. The molecule has 1 aromatic carbocycles. The van der Waals surface area contributed by atoms with Gasteiger partial charge in [-0.25, -0.2) is 13.2 Å². The largest absolute Gasteiger partial charge is 0.340 e. The first kappa shape index (κ1) is 16.8. The lowest BCUT2D eigenvalue weighted by atomic mass is 10.0. The Morgan fingerprint density at radius 2 is 1.73 bits per heavy atom. The average molecular weight is 315 g/mol. The van der Waals surface area contributed by atoms with E-state index < -0.39 is 23.5 Å². The van der Waals surface area contributed by atoms with E-state index in [0.717, 1.165) is 19.2 Å². The second kappa shape index (κ2) is 7.11. The predicted molar refractivity (Wildman–Crippen MR) is 76.7 cm³/mol. The number of nitrogens with zero attached hydrogens (tertiary/aromatic N) is 2. The van der Waals surface area contributed by atoms with Gasteiger partial charge < -0.3 is 15.5 Å². The molecule has 0 aliphatic carbocycles. The maximum atomic E-state index is 13.6. The number of benzene rings is 1. The molecular weight excluding hydrogens is 295 g/mol. The van der Waals surface area contributed by atoms with Gasteiger partial charge in [0.1, 0.15) is 5.82 Å². The Kier molecular flexibility index (Phi) is 5.42. The first-order chi connectivity index (χ1) is 10.4. The number of hydrogen-bond donors (Lipinski definition) is 1. The number of likely N-dealkylation sites (N-methyl/N-ethyl adjacent to an activating group) is 1. The van der Waals surface area contributed by atoms with E-state index in [0.29, 0.717) is 19.2 Å². The zero-order valence-corrected chi connectivity index (χ0v) is 12.5. The van der Waals surface area contributed by atoms with Crippen LogP contribution in [-0.4, -0.2) is 55.0 Å². The lowest BCUT2D eigenvalue weighted by Crippen LogP contribution is -2.48. The summed E-state index contributed by atoms with van der Waals surface area (Å²) < 4.78 is 39.6. The van der Waals surface area contributed by atoms with Crippen LogP contribution in [0.4, 0.5) is 13.2 Å². The van der Waals surface area contributed by atoms with Crippen LogP contribution in [0.25, 0.3) is 0 Å². The van der Waals surface area contributed by atoms with Gasteiger partial charge in [-0.2, -0.15) is 0 Å². The third kappa shape index (κ3) is 4.20. The molecule has 0 spiro atoms. The lowest BCUT2D eigenvalue weighted by Gasteiger charge is -2.33. The Labute approximate surface area is 127 Å². The van der Waals surface area contributed by atoms with Gasteiger partial charge in [0.05, 0.1) is 0 Å². The number of carbonyl (C=O) groups excluding carboxylic acids is 1. The molecule has 1 amide bonds. The van der Waals surface area contributed by atoms with Gasteiger partial charge in [-0.05, 0) is 25.1 Å². The molecule has 7 heteroatoms. The van der Waals surface area contributed by atoms with Crippen LogP contribution in [0.2, 0.25) is 0 Å². The van der Waals surface area contributed by atoms with E-state index in [1.807, 2.05) is 7.05 Å². The van der Waals surface area contributed by atoms with Gasteiger partial charge in [0.15, 0.2) is 11.6 Å². The molecule has 0 radical (unpaired) electrons. The first-order valence-electron chi connectivity index (χ1n) is 7.22. The minimum absolute atomic E-state index is 0.0114. The quantitative estimate of drug-likeness (QED) is 0.848. The molecule has 1 atom stereocenters. The van der Waals surface area contributed by atoms with Gasteiger partial charge >= 0.3 is 0 Å². The summed E-state index contributed by atoms with van der Waals surface area (Å²) in [6, 6.07) is 0.663. The van der Waals surface area contributed by atoms with Crippen molar-refractivity contribution in [2.45, 2.75) is 18.9 Å². The average Bonchev–Trinajstić information content (AvgIpc) is 2.45. The van der Waals surface area contributed by atoms with Crippen LogP contribution in [0.15, 0.2) is 12.1 Å². The summed E-state index contributed by atoms with van der Waals surface area (Å²) in [5.74, 6) is -3.29. The third-order valence-corrected chi connectivity index (χ3v) is 3.86. The molecule has 2 N–H and O–H groups in total. The highest BCUT2D eigenvalue weighted by molar-refractivity contribution is 5.77. The summed E-state index contributed by atoms with van der Waals surface area (Å²) in [5.41, 5.74) is 5.84. The standard InChI is InChI=1S/C15H20F3N3O/c1-20-2-4-21(5-3-20)15(22)8-11(19)6-10-7-13(17)14(18)9-12(10)16/h7,9,11H,2-6,8,19H2,1H3. The molecule has 0 bridgehead atoms. The highest BCUT2D eigenvalue weighted by atomic mass is 19.2. The Balaban J connectivity index is 1.91. The predicted octanol–water partition coefficient (Wildman–Crippen LogP) is 1.14. The van der Waals surface area contributed by atoms with Crippen LogP contribution in [0.1, 0.15) is 12.0 Å². The molecule has 0 aromatic heterocycles. The third-order valence-electron chi connectivity index (χ3n) is 3.86. The van der Waals surface area contributed by atoms with Crippen LogP contribution in [0.3, 0.4) is 0 Å². The van der Waals surface area contributed by atoms with Gasteiger partial charge in [-0.3, -0.25) is 4.79 Å². The smallest absolute Gasteiger partial charge is 0.224 e. The summed E-state index contributed by atoms with van der Waals surface area (Å²) in [7, 11) is 1.99. The second-order valence-electron chi connectivity index (χ2n) is 5.71. The monoisotopic (exact) mass is 315 g/mol.